The zero-order valence-electron chi connectivity index (χ0n) is 9.26. The van der Waals surface area contributed by atoms with Gasteiger partial charge in [0.2, 0.25) is 0 Å². The van der Waals surface area contributed by atoms with Gasteiger partial charge in [-0.25, -0.2) is 4.98 Å². The van der Waals surface area contributed by atoms with Crippen LogP contribution in [-0.4, -0.2) is 39.3 Å². The van der Waals surface area contributed by atoms with Gasteiger partial charge >= 0.3 is 0 Å². The standard InChI is InChI=1S/C11H19N3O/c1-13-9-12-5-11(13)7-14-4-2-3-10(6-14)8-15/h5,9-10,15H,2-4,6-8H2,1H3. The highest BCUT2D eigenvalue weighted by atomic mass is 16.3. The van der Waals surface area contributed by atoms with E-state index in [1.54, 1.807) is 0 Å². The Labute approximate surface area is 90.5 Å². The Hall–Kier alpha value is -0.870. The summed E-state index contributed by atoms with van der Waals surface area (Å²) in [7, 11) is 2.02. The molecule has 4 nitrogen and oxygen atoms in total. The van der Waals surface area contributed by atoms with Gasteiger partial charge in [-0.3, -0.25) is 4.90 Å². The maximum absolute atomic E-state index is 9.15. The SMILES string of the molecule is Cn1cncc1CN1CCCC(CO)C1. The number of aliphatic hydroxyl groups excluding tert-OH is 1. The minimum Gasteiger partial charge on any atom is -0.396 e. The minimum atomic E-state index is 0.321. The van der Waals surface area contributed by atoms with E-state index < -0.39 is 0 Å². The van der Waals surface area contributed by atoms with Gasteiger partial charge in [-0.1, -0.05) is 0 Å². The Bertz CT molecular complexity index is 311. The van der Waals surface area contributed by atoms with E-state index in [0.717, 1.165) is 19.6 Å². The van der Waals surface area contributed by atoms with Crippen molar-refractivity contribution in [2.45, 2.75) is 19.4 Å². The van der Waals surface area contributed by atoms with Crippen LogP contribution in [0.15, 0.2) is 12.5 Å². The molecule has 1 aromatic rings. The van der Waals surface area contributed by atoms with Crippen LogP contribution >= 0.6 is 0 Å². The Kier molecular flexibility index (Phi) is 3.38. The first-order valence-electron chi connectivity index (χ1n) is 5.58. The van der Waals surface area contributed by atoms with E-state index in [1.165, 1.54) is 18.5 Å². The molecule has 2 rings (SSSR count). The molecule has 15 heavy (non-hydrogen) atoms. The predicted molar refractivity (Wildman–Crippen MR) is 58.3 cm³/mol. The lowest BCUT2D eigenvalue weighted by Gasteiger charge is -2.31. The van der Waals surface area contributed by atoms with Crippen LogP contribution in [0.1, 0.15) is 18.5 Å². The molecule has 1 aromatic heterocycles. The average Bonchev–Trinajstić information content (AvgIpc) is 2.65. The number of rotatable bonds is 3. The Balaban J connectivity index is 1.92. The van der Waals surface area contributed by atoms with Gasteiger partial charge in [0, 0.05) is 32.9 Å². The average molecular weight is 209 g/mol. The number of aryl methyl sites for hydroxylation is 1. The van der Waals surface area contributed by atoms with E-state index >= 15 is 0 Å². The zero-order valence-corrected chi connectivity index (χ0v) is 9.26. The fraction of sp³-hybridized carbons (Fsp3) is 0.727. The molecule has 0 amide bonds. The second-order valence-corrected chi connectivity index (χ2v) is 4.42. The second-order valence-electron chi connectivity index (χ2n) is 4.42. The van der Waals surface area contributed by atoms with E-state index in [2.05, 4.69) is 14.5 Å². The van der Waals surface area contributed by atoms with Gasteiger partial charge in [-0.05, 0) is 25.3 Å². The van der Waals surface area contributed by atoms with E-state index in [-0.39, 0.29) is 0 Å². The van der Waals surface area contributed by atoms with E-state index in [0.29, 0.717) is 12.5 Å². The first kappa shape index (κ1) is 10.6. The summed E-state index contributed by atoms with van der Waals surface area (Å²) in [6, 6.07) is 0. The van der Waals surface area contributed by atoms with Crippen LogP contribution in [-0.2, 0) is 13.6 Å². The van der Waals surface area contributed by atoms with Gasteiger partial charge in [0.25, 0.3) is 0 Å². The molecule has 1 aliphatic rings. The summed E-state index contributed by atoms with van der Waals surface area (Å²) in [5.74, 6) is 0.465. The largest absolute Gasteiger partial charge is 0.396 e. The van der Waals surface area contributed by atoms with Gasteiger partial charge in [0.1, 0.15) is 0 Å². The normalized spacial score (nSPS) is 23.2. The number of hydrogen-bond acceptors (Lipinski definition) is 3. The first-order chi connectivity index (χ1) is 7.29. The van der Waals surface area contributed by atoms with Gasteiger partial charge in [-0.2, -0.15) is 0 Å². The van der Waals surface area contributed by atoms with Gasteiger partial charge in [-0.15, -0.1) is 0 Å². The minimum absolute atomic E-state index is 0.321. The first-order valence-corrected chi connectivity index (χ1v) is 5.58. The van der Waals surface area contributed by atoms with Crippen molar-refractivity contribution >= 4 is 0 Å². The predicted octanol–water partition coefficient (Wildman–Crippen LogP) is 0.624. The van der Waals surface area contributed by atoms with Crippen LogP contribution in [0, 0.1) is 5.92 Å². The molecule has 1 saturated heterocycles. The molecule has 1 unspecified atom stereocenters. The maximum atomic E-state index is 9.15. The highest BCUT2D eigenvalue weighted by molar-refractivity contribution is 4.97. The van der Waals surface area contributed by atoms with Crippen molar-refractivity contribution in [3.8, 4) is 0 Å². The molecule has 0 spiro atoms. The van der Waals surface area contributed by atoms with E-state index in [9.17, 15) is 0 Å². The third kappa shape index (κ3) is 2.58. The summed E-state index contributed by atoms with van der Waals surface area (Å²) >= 11 is 0. The molecule has 4 heteroatoms. The smallest absolute Gasteiger partial charge is 0.0945 e. The summed E-state index contributed by atoms with van der Waals surface area (Å²) < 4.78 is 2.06. The number of hydrogen-bond donors (Lipinski definition) is 1. The number of aromatic nitrogens is 2. The molecular weight excluding hydrogens is 190 g/mol. The van der Waals surface area contributed by atoms with Crippen molar-refractivity contribution < 1.29 is 5.11 Å². The number of nitrogens with zero attached hydrogens (tertiary/aromatic N) is 3. The molecule has 0 saturated carbocycles. The van der Waals surface area contributed by atoms with Crippen LogP contribution < -0.4 is 0 Å². The Morgan fingerprint density at radius 2 is 2.47 bits per heavy atom. The lowest BCUT2D eigenvalue weighted by molar-refractivity contribution is 0.114. The third-order valence-electron chi connectivity index (χ3n) is 3.16. The van der Waals surface area contributed by atoms with Crippen LogP contribution in [0.5, 0.6) is 0 Å². The topological polar surface area (TPSA) is 41.3 Å². The number of piperidine rings is 1. The molecule has 0 aliphatic carbocycles. The highest BCUT2D eigenvalue weighted by Crippen LogP contribution is 2.17. The molecule has 1 N–H and O–H groups in total. The molecule has 0 radical (unpaired) electrons. The van der Waals surface area contributed by atoms with Crippen molar-refractivity contribution in [2.75, 3.05) is 19.7 Å². The van der Waals surface area contributed by atoms with Crippen molar-refractivity contribution in [2.24, 2.45) is 13.0 Å². The number of imidazole rings is 1. The molecule has 1 atom stereocenters. The summed E-state index contributed by atoms with van der Waals surface area (Å²) in [5, 5.41) is 9.15. The molecule has 0 aromatic carbocycles. The van der Waals surface area contributed by atoms with Crippen molar-refractivity contribution in [1.82, 2.24) is 14.5 Å². The van der Waals surface area contributed by atoms with Crippen LogP contribution in [0.3, 0.4) is 0 Å². The summed E-state index contributed by atoms with van der Waals surface area (Å²) in [4.78, 5) is 6.52. The van der Waals surface area contributed by atoms with E-state index in [4.69, 9.17) is 5.11 Å². The molecule has 84 valence electrons. The Morgan fingerprint density at radius 1 is 1.60 bits per heavy atom. The van der Waals surface area contributed by atoms with Gasteiger partial charge < -0.3 is 9.67 Å². The quantitative estimate of drug-likeness (QED) is 0.793. The van der Waals surface area contributed by atoms with Crippen LogP contribution in [0.4, 0.5) is 0 Å². The van der Waals surface area contributed by atoms with E-state index in [1.807, 2.05) is 19.6 Å². The van der Waals surface area contributed by atoms with Crippen molar-refractivity contribution in [3.63, 3.8) is 0 Å². The molecule has 2 heterocycles. The molecular formula is C11H19N3O. The molecule has 0 bridgehead atoms. The zero-order chi connectivity index (χ0) is 10.7. The lowest BCUT2D eigenvalue weighted by atomic mass is 9.99. The van der Waals surface area contributed by atoms with Crippen molar-refractivity contribution in [3.05, 3.63) is 18.2 Å². The monoisotopic (exact) mass is 209 g/mol. The summed E-state index contributed by atoms with van der Waals surface area (Å²) in [5.41, 5.74) is 1.24. The maximum Gasteiger partial charge on any atom is 0.0945 e. The van der Waals surface area contributed by atoms with Gasteiger partial charge in [0.05, 0.1) is 12.0 Å². The fourth-order valence-electron chi connectivity index (χ4n) is 2.21. The summed E-state index contributed by atoms with van der Waals surface area (Å²) in [6.45, 7) is 3.43. The van der Waals surface area contributed by atoms with Crippen LogP contribution in [0.2, 0.25) is 0 Å². The molecule has 1 aliphatic heterocycles. The molecule has 1 fully saturated rings. The highest BCUT2D eigenvalue weighted by Gasteiger charge is 2.19. The van der Waals surface area contributed by atoms with Crippen LogP contribution in [0.25, 0.3) is 0 Å². The third-order valence-corrected chi connectivity index (χ3v) is 3.16. The second kappa shape index (κ2) is 4.77. The fourth-order valence-corrected chi connectivity index (χ4v) is 2.21. The Morgan fingerprint density at radius 3 is 3.13 bits per heavy atom. The summed E-state index contributed by atoms with van der Waals surface area (Å²) in [6.07, 6.45) is 6.12. The van der Waals surface area contributed by atoms with Gasteiger partial charge in [0.15, 0.2) is 0 Å². The lowest BCUT2D eigenvalue weighted by Crippen LogP contribution is -2.36. The van der Waals surface area contributed by atoms with Crippen molar-refractivity contribution in [1.29, 1.82) is 0 Å². The number of aliphatic hydroxyl groups is 1. The number of likely N-dealkylation sites (tertiary alicyclic amines) is 1.